The highest BCUT2D eigenvalue weighted by molar-refractivity contribution is 5.54. The van der Waals surface area contributed by atoms with Crippen LogP contribution >= 0.6 is 0 Å². The Labute approximate surface area is 108 Å². The highest BCUT2D eigenvalue weighted by Gasteiger charge is 2.47. The average Bonchev–Trinajstić information content (AvgIpc) is 2.79. The fourth-order valence-corrected chi connectivity index (χ4v) is 2.41. The molecule has 1 aromatic carbocycles. The molecule has 1 unspecified atom stereocenters. The Balaban J connectivity index is 1.89. The lowest BCUT2D eigenvalue weighted by Crippen LogP contribution is -2.04. The van der Waals surface area contributed by atoms with Gasteiger partial charge in [0.05, 0.1) is 5.69 Å². The standard InChI is InChI=1S/C15H19N3/c1-11-10-18(13-9-15(13,2)3)14(16-11)17-12-7-5-4-6-8-12/h4-8,10,13H,9H2,1-3H3,(H,16,17). The number of aromatic nitrogens is 2. The van der Waals surface area contributed by atoms with Crippen LogP contribution in [0, 0.1) is 12.3 Å². The van der Waals surface area contributed by atoms with Crippen LogP contribution in [-0.4, -0.2) is 9.55 Å². The van der Waals surface area contributed by atoms with Gasteiger partial charge in [-0.05, 0) is 30.9 Å². The van der Waals surface area contributed by atoms with Crippen molar-refractivity contribution in [1.29, 1.82) is 0 Å². The second-order valence-corrected chi connectivity index (χ2v) is 5.81. The maximum Gasteiger partial charge on any atom is 0.207 e. The van der Waals surface area contributed by atoms with Crippen molar-refractivity contribution in [2.24, 2.45) is 5.41 Å². The van der Waals surface area contributed by atoms with Crippen molar-refractivity contribution in [2.45, 2.75) is 33.2 Å². The molecule has 0 aliphatic heterocycles. The number of aryl methyl sites for hydroxylation is 1. The van der Waals surface area contributed by atoms with Crippen molar-refractivity contribution >= 4 is 11.6 Å². The van der Waals surface area contributed by atoms with Crippen molar-refractivity contribution in [3.8, 4) is 0 Å². The van der Waals surface area contributed by atoms with Gasteiger partial charge in [-0.1, -0.05) is 32.0 Å². The third-order valence-corrected chi connectivity index (χ3v) is 3.68. The van der Waals surface area contributed by atoms with Gasteiger partial charge in [0.2, 0.25) is 5.95 Å². The summed E-state index contributed by atoms with van der Waals surface area (Å²) in [7, 11) is 0. The van der Waals surface area contributed by atoms with Gasteiger partial charge in [-0.25, -0.2) is 4.98 Å². The van der Waals surface area contributed by atoms with Crippen molar-refractivity contribution in [2.75, 3.05) is 5.32 Å². The van der Waals surface area contributed by atoms with E-state index in [2.05, 4.69) is 47.0 Å². The number of nitrogens with zero attached hydrogens (tertiary/aromatic N) is 2. The van der Waals surface area contributed by atoms with Crippen LogP contribution in [0.15, 0.2) is 36.5 Å². The second-order valence-electron chi connectivity index (χ2n) is 5.81. The van der Waals surface area contributed by atoms with Gasteiger partial charge in [0.1, 0.15) is 0 Å². The number of hydrogen-bond acceptors (Lipinski definition) is 2. The molecule has 1 aliphatic carbocycles. The molecule has 0 saturated heterocycles. The molecule has 1 heterocycles. The third kappa shape index (κ3) is 2.01. The van der Waals surface area contributed by atoms with E-state index in [1.807, 2.05) is 25.1 Å². The van der Waals surface area contributed by atoms with Gasteiger partial charge >= 0.3 is 0 Å². The molecule has 1 fully saturated rings. The number of hydrogen-bond donors (Lipinski definition) is 1. The quantitative estimate of drug-likeness (QED) is 0.883. The van der Waals surface area contributed by atoms with Gasteiger partial charge in [-0.2, -0.15) is 0 Å². The van der Waals surface area contributed by atoms with Crippen LogP contribution in [0.4, 0.5) is 11.6 Å². The van der Waals surface area contributed by atoms with E-state index in [9.17, 15) is 0 Å². The first-order valence-corrected chi connectivity index (χ1v) is 6.44. The summed E-state index contributed by atoms with van der Waals surface area (Å²) >= 11 is 0. The van der Waals surface area contributed by atoms with Crippen LogP contribution in [-0.2, 0) is 0 Å². The molecule has 3 rings (SSSR count). The van der Waals surface area contributed by atoms with Crippen molar-refractivity contribution in [3.05, 3.63) is 42.2 Å². The minimum atomic E-state index is 0.403. The molecule has 3 heteroatoms. The zero-order valence-corrected chi connectivity index (χ0v) is 11.1. The Morgan fingerprint density at radius 3 is 2.56 bits per heavy atom. The highest BCUT2D eigenvalue weighted by Crippen LogP contribution is 2.56. The van der Waals surface area contributed by atoms with Crippen LogP contribution < -0.4 is 5.32 Å². The maximum atomic E-state index is 4.58. The Kier molecular flexibility index (Phi) is 2.44. The molecular formula is C15H19N3. The topological polar surface area (TPSA) is 29.9 Å². The number of imidazole rings is 1. The van der Waals surface area contributed by atoms with E-state index in [1.165, 1.54) is 6.42 Å². The smallest absolute Gasteiger partial charge is 0.207 e. The minimum Gasteiger partial charge on any atom is -0.326 e. The summed E-state index contributed by atoms with van der Waals surface area (Å²) in [6.45, 7) is 6.65. The molecule has 1 aliphatic rings. The highest BCUT2D eigenvalue weighted by atomic mass is 15.2. The number of rotatable bonds is 3. The number of benzene rings is 1. The SMILES string of the molecule is Cc1cn(C2CC2(C)C)c(Nc2ccccc2)n1. The molecule has 1 aromatic heterocycles. The van der Waals surface area contributed by atoms with Gasteiger partial charge in [0.25, 0.3) is 0 Å². The summed E-state index contributed by atoms with van der Waals surface area (Å²) in [6, 6.07) is 10.8. The summed E-state index contributed by atoms with van der Waals surface area (Å²) in [5.41, 5.74) is 2.55. The number of nitrogens with one attached hydrogen (secondary N) is 1. The van der Waals surface area contributed by atoms with E-state index in [0.717, 1.165) is 17.3 Å². The summed E-state index contributed by atoms with van der Waals surface area (Å²) in [6.07, 6.45) is 3.37. The van der Waals surface area contributed by atoms with Gasteiger partial charge in [0.15, 0.2) is 0 Å². The van der Waals surface area contributed by atoms with E-state index >= 15 is 0 Å². The molecule has 3 nitrogen and oxygen atoms in total. The van der Waals surface area contributed by atoms with Crippen LogP contribution in [0.5, 0.6) is 0 Å². The van der Waals surface area contributed by atoms with Crippen LogP contribution in [0.2, 0.25) is 0 Å². The fraction of sp³-hybridized carbons (Fsp3) is 0.400. The number of anilines is 2. The van der Waals surface area contributed by atoms with E-state index in [4.69, 9.17) is 0 Å². The Hall–Kier alpha value is -1.77. The summed E-state index contributed by atoms with van der Waals surface area (Å²) in [5, 5.41) is 3.40. The first-order chi connectivity index (χ1) is 8.56. The molecule has 2 aromatic rings. The molecule has 18 heavy (non-hydrogen) atoms. The normalized spacial score (nSPS) is 20.7. The number of para-hydroxylation sites is 1. The monoisotopic (exact) mass is 241 g/mol. The first kappa shape index (κ1) is 11.3. The molecular weight excluding hydrogens is 222 g/mol. The molecule has 0 spiro atoms. The van der Waals surface area contributed by atoms with Gasteiger partial charge < -0.3 is 9.88 Å². The predicted molar refractivity (Wildman–Crippen MR) is 74.1 cm³/mol. The van der Waals surface area contributed by atoms with Crippen LogP contribution in [0.1, 0.15) is 32.0 Å². The van der Waals surface area contributed by atoms with Crippen molar-refractivity contribution in [3.63, 3.8) is 0 Å². The molecule has 94 valence electrons. The zero-order valence-electron chi connectivity index (χ0n) is 11.1. The largest absolute Gasteiger partial charge is 0.326 e. The van der Waals surface area contributed by atoms with Gasteiger partial charge in [-0.15, -0.1) is 0 Å². The lowest BCUT2D eigenvalue weighted by molar-refractivity contribution is 0.544. The third-order valence-electron chi connectivity index (χ3n) is 3.68. The molecule has 1 saturated carbocycles. The zero-order chi connectivity index (χ0) is 12.8. The Morgan fingerprint density at radius 1 is 1.28 bits per heavy atom. The minimum absolute atomic E-state index is 0.403. The van der Waals surface area contributed by atoms with Gasteiger partial charge in [0, 0.05) is 17.9 Å². The fourth-order valence-electron chi connectivity index (χ4n) is 2.41. The summed E-state index contributed by atoms with van der Waals surface area (Å²) in [5.74, 6) is 0.953. The lowest BCUT2D eigenvalue weighted by Gasteiger charge is -2.11. The lowest BCUT2D eigenvalue weighted by atomic mass is 10.2. The Morgan fingerprint density at radius 2 is 1.94 bits per heavy atom. The summed E-state index contributed by atoms with van der Waals surface area (Å²) in [4.78, 5) is 4.58. The van der Waals surface area contributed by atoms with Crippen LogP contribution in [0.25, 0.3) is 0 Å². The van der Waals surface area contributed by atoms with Gasteiger partial charge in [-0.3, -0.25) is 0 Å². The summed E-state index contributed by atoms with van der Waals surface area (Å²) < 4.78 is 2.28. The van der Waals surface area contributed by atoms with E-state index in [0.29, 0.717) is 11.5 Å². The van der Waals surface area contributed by atoms with E-state index in [1.54, 1.807) is 0 Å². The molecule has 0 amide bonds. The van der Waals surface area contributed by atoms with Crippen molar-refractivity contribution in [1.82, 2.24) is 9.55 Å². The van der Waals surface area contributed by atoms with E-state index in [-0.39, 0.29) is 0 Å². The Bertz CT molecular complexity index is 554. The second kappa shape index (κ2) is 3.87. The average molecular weight is 241 g/mol. The maximum absolute atomic E-state index is 4.58. The molecule has 1 atom stereocenters. The van der Waals surface area contributed by atoms with E-state index < -0.39 is 0 Å². The predicted octanol–water partition coefficient (Wildman–Crippen LogP) is 3.91. The van der Waals surface area contributed by atoms with Crippen LogP contribution in [0.3, 0.4) is 0 Å². The first-order valence-electron chi connectivity index (χ1n) is 6.44. The molecule has 0 radical (unpaired) electrons. The molecule has 0 bridgehead atoms. The van der Waals surface area contributed by atoms with Crippen molar-refractivity contribution < 1.29 is 0 Å². The molecule has 1 N–H and O–H groups in total.